The van der Waals surface area contributed by atoms with Gasteiger partial charge in [0, 0.05) is 11.5 Å². The van der Waals surface area contributed by atoms with Crippen LogP contribution in [0.1, 0.15) is 40.0 Å². The second kappa shape index (κ2) is 10.4. The third-order valence-corrected chi connectivity index (χ3v) is 2.43. The molecule has 8 nitrogen and oxygen atoms in total. The summed E-state index contributed by atoms with van der Waals surface area (Å²) in [6, 6.07) is -0.792. The fourth-order valence-electron chi connectivity index (χ4n) is 1.53. The van der Waals surface area contributed by atoms with Crippen LogP contribution in [0.15, 0.2) is 5.11 Å². The van der Waals surface area contributed by atoms with Crippen LogP contribution < -0.4 is 10.6 Å². The van der Waals surface area contributed by atoms with Crippen LogP contribution >= 0.6 is 0 Å². The second-order valence-corrected chi connectivity index (χ2v) is 5.57. The number of carbonyl (C=O) groups excluding carboxylic acids is 2. The van der Waals surface area contributed by atoms with Gasteiger partial charge < -0.3 is 15.4 Å². The Morgan fingerprint density at radius 2 is 2.05 bits per heavy atom. The van der Waals surface area contributed by atoms with Gasteiger partial charge in [0.1, 0.15) is 11.6 Å². The zero-order chi connectivity index (χ0) is 17.0. The maximum atomic E-state index is 11.7. The van der Waals surface area contributed by atoms with Crippen molar-refractivity contribution in [3.63, 3.8) is 0 Å². The number of hydrogen-bond acceptors (Lipinski definition) is 4. The number of nitrogens with zero attached hydrogens (tertiary/aromatic N) is 3. The molecule has 0 radical (unpaired) electrons. The van der Waals surface area contributed by atoms with E-state index in [1.807, 2.05) is 0 Å². The first-order valence-corrected chi connectivity index (χ1v) is 7.02. The van der Waals surface area contributed by atoms with Gasteiger partial charge >= 0.3 is 6.09 Å². The molecule has 0 rings (SSSR count). The van der Waals surface area contributed by atoms with Crippen molar-refractivity contribution in [3.8, 4) is 12.3 Å². The molecule has 0 spiro atoms. The molecule has 0 aromatic rings. The van der Waals surface area contributed by atoms with Crippen molar-refractivity contribution in [2.75, 3.05) is 13.1 Å². The van der Waals surface area contributed by atoms with Crippen LogP contribution in [-0.4, -0.2) is 36.7 Å². The maximum absolute atomic E-state index is 11.7. The molecule has 0 heterocycles. The van der Waals surface area contributed by atoms with Gasteiger partial charge in [-0.1, -0.05) is 17.5 Å². The molecule has 0 aliphatic heterocycles. The fourth-order valence-corrected chi connectivity index (χ4v) is 1.53. The number of carbonyl (C=O) groups is 2. The van der Waals surface area contributed by atoms with Crippen LogP contribution in [0.25, 0.3) is 10.4 Å². The van der Waals surface area contributed by atoms with Crippen LogP contribution in [0.4, 0.5) is 4.79 Å². The number of unbranched alkanes of at least 4 members (excludes halogenated alkanes) is 1. The molecule has 2 amide bonds. The van der Waals surface area contributed by atoms with E-state index in [2.05, 4.69) is 26.6 Å². The quantitative estimate of drug-likeness (QED) is 0.235. The first kappa shape index (κ1) is 19.6. The average molecular weight is 309 g/mol. The van der Waals surface area contributed by atoms with Gasteiger partial charge in [-0.2, -0.15) is 0 Å². The number of nitrogens with one attached hydrogen (secondary N) is 2. The van der Waals surface area contributed by atoms with Gasteiger partial charge in [0.2, 0.25) is 5.91 Å². The first-order chi connectivity index (χ1) is 10.3. The summed E-state index contributed by atoms with van der Waals surface area (Å²) in [4.78, 5) is 25.7. The number of hydrogen-bond donors (Lipinski definition) is 2. The Balaban J connectivity index is 4.00. The first-order valence-electron chi connectivity index (χ1n) is 7.02. The van der Waals surface area contributed by atoms with Crippen molar-refractivity contribution in [1.82, 2.24) is 10.6 Å². The monoisotopic (exact) mass is 309 g/mol. The molecule has 8 heteroatoms. The summed E-state index contributed by atoms with van der Waals surface area (Å²) >= 11 is 0. The number of rotatable bonds is 8. The minimum Gasteiger partial charge on any atom is -0.444 e. The van der Waals surface area contributed by atoms with E-state index in [4.69, 9.17) is 16.7 Å². The summed E-state index contributed by atoms with van der Waals surface area (Å²) in [6.45, 7) is 5.87. The van der Waals surface area contributed by atoms with Crippen LogP contribution in [-0.2, 0) is 9.53 Å². The summed E-state index contributed by atoms with van der Waals surface area (Å²) in [5.74, 6) is 1.88. The van der Waals surface area contributed by atoms with Crippen LogP contribution in [0.3, 0.4) is 0 Å². The highest BCUT2D eigenvalue weighted by Crippen LogP contribution is 2.07. The zero-order valence-corrected chi connectivity index (χ0v) is 13.3. The van der Waals surface area contributed by atoms with Crippen LogP contribution in [0, 0.1) is 12.3 Å². The van der Waals surface area contributed by atoms with E-state index in [9.17, 15) is 9.59 Å². The molecular weight excluding hydrogens is 286 g/mol. The van der Waals surface area contributed by atoms with E-state index < -0.39 is 23.6 Å². The molecule has 0 saturated carbocycles. The van der Waals surface area contributed by atoms with Crippen molar-refractivity contribution < 1.29 is 14.3 Å². The van der Waals surface area contributed by atoms with Gasteiger partial charge in [0.15, 0.2) is 0 Å². The number of azide groups is 1. The Bertz CT molecular complexity index is 458. The Labute approximate surface area is 130 Å². The van der Waals surface area contributed by atoms with E-state index in [0.717, 1.165) is 0 Å². The van der Waals surface area contributed by atoms with Crippen LogP contribution in [0.5, 0.6) is 0 Å². The van der Waals surface area contributed by atoms with Gasteiger partial charge in [-0.3, -0.25) is 4.79 Å². The van der Waals surface area contributed by atoms with Gasteiger partial charge in [-0.15, -0.1) is 6.42 Å². The van der Waals surface area contributed by atoms with Crippen molar-refractivity contribution in [1.29, 1.82) is 0 Å². The predicted molar refractivity (Wildman–Crippen MR) is 82.9 cm³/mol. The normalized spacial score (nSPS) is 11.5. The van der Waals surface area contributed by atoms with E-state index in [0.29, 0.717) is 25.8 Å². The van der Waals surface area contributed by atoms with Gasteiger partial charge in [0.05, 0.1) is 6.54 Å². The summed E-state index contributed by atoms with van der Waals surface area (Å²) in [5.41, 5.74) is 7.92. The Kier molecular flexibility index (Phi) is 9.23. The summed E-state index contributed by atoms with van der Waals surface area (Å²) in [6.07, 6.45) is 6.20. The summed E-state index contributed by atoms with van der Waals surface area (Å²) in [5, 5.41) is 8.54. The van der Waals surface area contributed by atoms with Gasteiger partial charge in [0.25, 0.3) is 0 Å². The van der Waals surface area contributed by atoms with Gasteiger partial charge in [-0.25, -0.2) is 4.79 Å². The molecule has 1 atom stereocenters. The molecule has 0 aromatic carbocycles. The van der Waals surface area contributed by atoms with Crippen molar-refractivity contribution in [2.45, 2.75) is 51.7 Å². The number of amides is 2. The average Bonchev–Trinajstić information content (AvgIpc) is 2.41. The standard InChI is InChI=1S/C14H23N5O3/c1-5-9-16-12(20)11(18-19-15)8-6-7-10-17-13(21)22-14(2,3)4/h1,11H,6-10H2,2-4H3,(H,16,20)(H,17,21)/t11-/m0/s1. The topological polar surface area (TPSA) is 116 Å². The van der Waals surface area contributed by atoms with E-state index in [1.165, 1.54) is 0 Å². The lowest BCUT2D eigenvalue weighted by molar-refractivity contribution is -0.122. The molecule has 0 aliphatic rings. The van der Waals surface area contributed by atoms with Gasteiger partial charge in [-0.05, 0) is 39.1 Å². The molecule has 0 fully saturated rings. The van der Waals surface area contributed by atoms with E-state index >= 15 is 0 Å². The third-order valence-electron chi connectivity index (χ3n) is 2.43. The Morgan fingerprint density at radius 1 is 1.36 bits per heavy atom. The SMILES string of the molecule is C#CCNC(=O)[C@H](CCCCNC(=O)OC(C)(C)C)N=[N+]=[N-]. The van der Waals surface area contributed by atoms with E-state index in [1.54, 1.807) is 20.8 Å². The lowest BCUT2D eigenvalue weighted by Crippen LogP contribution is -2.34. The smallest absolute Gasteiger partial charge is 0.407 e. The highest BCUT2D eigenvalue weighted by Gasteiger charge is 2.17. The molecule has 2 N–H and O–H groups in total. The molecule has 0 bridgehead atoms. The molecule has 122 valence electrons. The Hall–Kier alpha value is -2.39. The highest BCUT2D eigenvalue weighted by atomic mass is 16.6. The molecule has 0 aliphatic carbocycles. The second-order valence-electron chi connectivity index (χ2n) is 5.57. The molecule has 0 unspecified atom stereocenters. The van der Waals surface area contributed by atoms with Crippen molar-refractivity contribution in [3.05, 3.63) is 10.4 Å². The zero-order valence-electron chi connectivity index (χ0n) is 13.3. The molecule has 0 saturated heterocycles. The summed E-state index contributed by atoms with van der Waals surface area (Å²) in [7, 11) is 0. The predicted octanol–water partition coefficient (Wildman–Crippen LogP) is 2.11. The largest absolute Gasteiger partial charge is 0.444 e. The minimum absolute atomic E-state index is 0.0937. The number of terminal acetylenes is 1. The van der Waals surface area contributed by atoms with E-state index in [-0.39, 0.29) is 6.54 Å². The van der Waals surface area contributed by atoms with Crippen molar-refractivity contribution >= 4 is 12.0 Å². The minimum atomic E-state index is -0.792. The van der Waals surface area contributed by atoms with Crippen LogP contribution in [0.2, 0.25) is 0 Å². The highest BCUT2D eigenvalue weighted by molar-refractivity contribution is 5.82. The molecule has 22 heavy (non-hydrogen) atoms. The number of alkyl carbamates (subject to hydrolysis) is 1. The lowest BCUT2D eigenvalue weighted by Gasteiger charge is -2.19. The third kappa shape index (κ3) is 10.4. The summed E-state index contributed by atoms with van der Waals surface area (Å²) < 4.78 is 5.09. The maximum Gasteiger partial charge on any atom is 0.407 e. The number of ether oxygens (including phenoxy) is 1. The van der Waals surface area contributed by atoms with Crippen molar-refractivity contribution in [2.24, 2.45) is 5.11 Å². The Morgan fingerprint density at radius 3 is 2.59 bits per heavy atom. The molecule has 0 aromatic heterocycles. The molecular formula is C14H23N5O3. The lowest BCUT2D eigenvalue weighted by atomic mass is 10.1. The fraction of sp³-hybridized carbons (Fsp3) is 0.714.